The van der Waals surface area contributed by atoms with Gasteiger partial charge < -0.3 is 9.80 Å². The second-order valence-electron chi connectivity index (χ2n) is 7.56. The summed E-state index contributed by atoms with van der Waals surface area (Å²) in [7, 11) is 2.13. The molecule has 1 fully saturated rings. The van der Waals surface area contributed by atoms with Crippen LogP contribution in [0.25, 0.3) is 27.8 Å². The van der Waals surface area contributed by atoms with Gasteiger partial charge in [0.2, 0.25) is 0 Å². The van der Waals surface area contributed by atoms with Crippen LogP contribution in [0.15, 0.2) is 60.9 Å². The number of halogens is 2. The molecule has 5 rings (SSSR count). The third kappa shape index (κ3) is 3.21. The van der Waals surface area contributed by atoms with Gasteiger partial charge in [0.05, 0.1) is 11.7 Å². The molecule has 1 aliphatic heterocycles. The van der Waals surface area contributed by atoms with Gasteiger partial charge in [0, 0.05) is 49.0 Å². The van der Waals surface area contributed by atoms with Crippen LogP contribution in [0.1, 0.15) is 0 Å². The second kappa shape index (κ2) is 7.50. The first-order valence-electron chi connectivity index (χ1n) is 9.93. The van der Waals surface area contributed by atoms with Crippen LogP contribution in [0.2, 0.25) is 0 Å². The Morgan fingerprint density at radius 1 is 0.867 bits per heavy atom. The van der Waals surface area contributed by atoms with Gasteiger partial charge in [-0.05, 0) is 37.4 Å². The van der Waals surface area contributed by atoms with E-state index in [9.17, 15) is 8.78 Å². The maximum absolute atomic E-state index is 14.4. The van der Waals surface area contributed by atoms with Crippen LogP contribution in [0.5, 0.6) is 0 Å². The molecule has 0 amide bonds. The zero-order valence-electron chi connectivity index (χ0n) is 16.6. The minimum atomic E-state index is -0.666. The Bertz CT molecular complexity index is 1170. The molecule has 0 saturated carbocycles. The quantitative estimate of drug-likeness (QED) is 0.514. The van der Waals surface area contributed by atoms with Gasteiger partial charge in [0.15, 0.2) is 11.6 Å². The summed E-state index contributed by atoms with van der Waals surface area (Å²) in [5, 5.41) is 5.37. The molecule has 1 aliphatic rings. The number of hydrogen-bond donors (Lipinski definition) is 0. The molecule has 0 N–H and O–H groups in total. The van der Waals surface area contributed by atoms with Crippen molar-refractivity contribution in [2.45, 2.75) is 0 Å². The Hall–Kier alpha value is -3.32. The highest BCUT2D eigenvalue weighted by molar-refractivity contribution is 5.94. The number of benzene rings is 2. The van der Waals surface area contributed by atoms with E-state index in [-0.39, 0.29) is 5.69 Å². The second-order valence-corrected chi connectivity index (χ2v) is 7.56. The van der Waals surface area contributed by atoms with Gasteiger partial charge >= 0.3 is 0 Å². The minimum Gasteiger partial charge on any atom is -0.369 e. The maximum atomic E-state index is 14.4. The molecule has 0 atom stereocenters. The van der Waals surface area contributed by atoms with Crippen LogP contribution in [-0.2, 0) is 0 Å². The number of pyridine rings is 1. The van der Waals surface area contributed by atoms with E-state index >= 15 is 0 Å². The lowest BCUT2D eigenvalue weighted by molar-refractivity contribution is 0.313. The fourth-order valence-corrected chi connectivity index (χ4v) is 3.93. The Labute approximate surface area is 173 Å². The molecule has 5 nitrogen and oxygen atoms in total. The standard InChI is InChI=1S/C23H21F2N5/c1-28-11-13-29(14-12-28)17-7-5-16(6-8-17)22-18-9-10-26-15-21(18)30(27-22)23-19(24)3-2-4-20(23)25/h2-10,15H,11-14H2,1H3. The molecule has 2 aromatic heterocycles. The number of hydrogen-bond acceptors (Lipinski definition) is 4. The molecule has 1 saturated heterocycles. The van der Waals surface area contributed by atoms with Crippen LogP contribution in [0.4, 0.5) is 14.5 Å². The molecule has 0 unspecified atom stereocenters. The first kappa shape index (κ1) is 18.7. The largest absolute Gasteiger partial charge is 0.369 e. The summed E-state index contributed by atoms with van der Waals surface area (Å²) in [5.41, 5.74) is 3.08. The number of anilines is 1. The fraction of sp³-hybridized carbons (Fsp3) is 0.217. The number of para-hydroxylation sites is 1. The van der Waals surface area contributed by atoms with Crippen LogP contribution in [0, 0.1) is 11.6 Å². The zero-order chi connectivity index (χ0) is 20.7. The van der Waals surface area contributed by atoms with Crippen molar-refractivity contribution in [3.63, 3.8) is 0 Å². The number of piperazine rings is 1. The van der Waals surface area contributed by atoms with Crippen molar-refractivity contribution < 1.29 is 8.78 Å². The molecule has 3 heterocycles. The molecule has 0 spiro atoms. The summed E-state index contributed by atoms with van der Waals surface area (Å²) in [6.45, 7) is 4.06. The summed E-state index contributed by atoms with van der Waals surface area (Å²) in [6.07, 6.45) is 3.24. The van der Waals surface area contributed by atoms with E-state index in [4.69, 9.17) is 0 Å². The number of likely N-dealkylation sites (N-methyl/N-ethyl adjacent to an activating group) is 1. The molecule has 0 aliphatic carbocycles. The smallest absolute Gasteiger partial charge is 0.151 e. The molecular formula is C23H21F2N5. The molecule has 7 heteroatoms. The maximum Gasteiger partial charge on any atom is 0.151 e. The van der Waals surface area contributed by atoms with E-state index in [1.807, 2.05) is 18.2 Å². The van der Waals surface area contributed by atoms with Crippen molar-refractivity contribution in [1.29, 1.82) is 0 Å². The summed E-state index contributed by atoms with van der Waals surface area (Å²) in [5.74, 6) is -1.33. The highest BCUT2D eigenvalue weighted by Gasteiger charge is 2.19. The summed E-state index contributed by atoms with van der Waals surface area (Å²) >= 11 is 0. The van der Waals surface area contributed by atoms with E-state index in [1.54, 1.807) is 12.4 Å². The van der Waals surface area contributed by atoms with E-state index in [0.717, 1.165) is 42.8 Å². The highest BCUT2D eigenvalue weighted by Crippen LogP contribution is 2.32. The van der Waals surface area contributed by atoms with Crippen LogP contribution in [0.3, 0.4) is 0 Å². The van der Waals surface area contributed by atoms with Gasteiger partial charge in [-0.3, -0.25) is 4.98 Å². The van der Waals surface area contributed by atoms with Crippen LogP contribution >= 0.6 is 0 Å². The predicted molar refractivity (Wildman–Crippen MR) is 114 cm³/mol. The number of fused-ring (bicyclic) bond motifs is 1. The predicted octanol–water partition coefficient (Wildman–Crippen LogP) is 4.12. The van der Waals surface area contributed by atoms with Crippen LogP contribution in [-0.4, -0.2) is 52.9 Å². The third-order valence-electron chi connectivity index (χ3n) is 5.64. The number of nitrogens with zero attached hydrogens (tertiary/aromatic N) is 5. The Morgan fingerprint density at radius 2 is 1.57 bits per heavy atom. The molecular weight excluding hydrogens is 384 g/mol. The van der Waals surface area contributed by atoms with Crippen LogP contribution < -0.4 is 4.90 Å². The molecule has 30 heavy (non-hydrogen) atoms. The van der Waals surface area contributed by atoms with E-state index in [1.165, 1.54) is 22.9 Å². The van der Waals surface area contributed by atoms with Crippen molar-refractivity contribution in [3.8, 4) is 16.9 Å². The first-order chi connectivity index (χ1) is 14.6. The number of rotatable bonds is 3. The van der Waals surface area contributed by atoms with Crippen molar-refractivity contribution in [3.05, 3.63) is 72.6 Å². The third-order valence-corrected chi connectivity index (χ3v) is 5.64. The molecule has 0 radical (unpaired) electrons. The topological polar surface area (TPSA) is 37.2 Å². The van der Waals surface area contributed by atoms with Gasteiger partial charge in [-0.2, -0.15) is 5.10 Å². The van der Waals surface area contributed by atoms with Crippen molar-refractivity contribution >= 4 is 16.6 Å². The van der Waals surface area contributed by atoms with Gasteiger partial charge in [-0.15, -0.1) is 0 Å². The number of aromatic nitrogens is 3. The lowest BCUT2D eigenvalue weighted by Gasteiger charge is -2.34. The molecule has 0 bridgehead atoms. The van der Waals surface area contributed by atoms with Gasteiger partial charge in [-0.25, -0.2) is 13.5 Å². The highest BCUT2D eigenvalue weighted by atomic mass is 19.1. The van der Waals surface area contributed by atoms with Crippen molar-refractivity contribution in [2.75, 3.05) is 38.1 Å². The summed E-state index contributed by atoms with van der Waals surface area (Å²) in [6, 6.07) is 13.8. The minimum absolute atomic E-state index is 0.198. The summed E-state index contributed by atoms with van der Waals surface area (Å²) in [4.78, 5) is 8.81. The van der Waals surface area contributed by atoms with Gasteiger partial charge in [0.1, 0.15) is 11.4 Å². The first-order valence-corrected chi connectivity index (χ1v) is 9.93. The van der Waals surface area contributed by atoms with E-state index < -0.39 is 11.6 Å². The van der Waals surface area contributed by atoms with Crippen molar-refractivity contribution in [1.82, 2.24) is 19.7 Å². The Kier molecular flexibility index (Phi) is 4.67. The summed E-state index contributed by atoms with van der Waals surface area (Å²) < 4.78 is 30.2. The average Bonchev–Trinajstić information content (AvgIpc) is 3.14. The zero-order valence-corrected chi connectivity index (χ0v) is 16.6. The molecule has 152 valence electrons. The lowest BCUT2D eigenvalue weighted by Crippen LogP contribution is -2.44. The van der Waals surface area contributed by atoms with E-state index in [0.29, 0.717) is 11.2 Å². The molecule has 2 aromatic carbocycles. The van der Waals surface area contributed by atoms with E-state index in [2.05, 4.69) is 39.1 Å². The molecule has 4 aromatic rings. The fourth-order valence-electron chi connectivity index (χ4n) is 3.93. The van der Waals surface area contributed by atoms with Gasteiger partial charge in [0.25, 0.3) is 0 Å². The van der Waals surface area contributed by atoms with Gasteiger partial charge in [-0.1, -0.05) is 18.2 Å². The average molecular weight is 405 g/mol. The Morgan fingerprint density at radius 3 is 2.27 bits per heavy atom. The SMILES string of the molecule is CN1CCN(c2ccc(-c3nn(-c4c(F)cccc4F)c4cnccc34)cc2)CC1. The lowest BCUT2D eigenvalue weighted by atomic mass is 10.1. The van der Waals surface area contributed by atoms with Crippen molar-refractivity contribution in [2.24, 2.45) is 0 Å². The Balaban J connectivity index is 1.57. The normalized spacial score (nSPS) is 15.1. The monoisotopic (exact) mass is 405 g/mol.